The number of hydrogen-bond donors (Lipinski definition) is 2. The lowest BCUT2D eigenvalue weighted by Gasteiger charge is -2.06. The van der Waals surface area contributed by atoms with Crippen LogP contribution in [-0.2, 0) is 7.05 Å². The number of anilines is 1. The van der Waals surface area contributed by atoms with Gasteiger partial charge in [0.1, 0.15) is 0 Å². The van der Waals surface area contributed by atoms with Gasteiger partial charge in [0.25, 0.3) is 5.91 Å². The number of carbonyl (C=O) groups excluding carboxylic acids is 1. The van der Waals surface area contributed by atoms with Crippen LogP contribution in [0, 0.1) is 0 Å². The molecule has 0 radical (unpaired) electrons. The third kappa shape index (κ3) is 2.21. The second kappa shape index (κ2) is 4.70. The molecule has 5 nitrogen and oxygen atoms in total. The van der Waals surface area contributed by atoms with Crippen LogP contribution < -0.4 is 10.9 Å². The summed E-state index contributed by atoms with van der Waals surface area (Å²) >= 11 is 0. The molecular formula is C15H13N3O2. The van der Waals surface area contributed by atoms with Gasteiger partial charge >= 0.3 is 0 Å². The highest BCUT2D eigenvalue weighted by atomic mass is 16.1. The van der Waals surface area contributed by atoms with E-state index >= 15 is 0 Å². The first-order valence-electron chi connectivity index (χ1n) is 6.19. The van der Waals surface area contributed by atoms with E-state index in [0.29, 0.717) is 11.3 Å². The smallest absolute Gasteiger partial charge is 0.255 e. The number of benzene rings is 1. The molecule has 0 atom stereocenters. The maximum absolute atomic E-state index is 12.2. The molecule has 2 N–H and O–H groups in total. The topological polar surface area (TPSA) is 66.9 Å². The normalized spacial score (nSPS) is 10.7. The Hall–Kier alpha value is -2.82. The van der Waals surface area contributed by atoms with Crippen molar-refractivity contribution in [3.05, 3.63) is 64.7 Å². The van der Waals surface area contributed by atoms with E-state index < -0.39 is 0 Å². The number of rotatable bonds is 2. The molecule has 3 rings (SSSR count). The molecule has 2 heterocycles. The van der Waals surface area contributed by atoms with Gasteiger partial charge in [0.15, 0.2) is 0 Å². The van der Waals surface area contributed by atoms with E-state index in [2.05, 4.69) is 10.3 Å². The first-order chi connectivity index (χ1) is 9.63. The number of amides is 1. The van der Waals surface area contributed by atoms with E-state index in [9.17, 15) is 9.59 Å². The van der Waals surface area contributed by atoms with E-state index in [4.69, 9.17) is 0 Å². The SMILES string of the molecule is Cn1cc(NC(=O)c2ccc3[nH]ccc3c2)ccc1=O. The quantitative estimate of drug-likeness (QED) is 0.746. The highest BCUT2D eigenvalue weighted by molar-refractivity contribution is 6.06. The molecule has 3 aromatic rings. The number of H-pyrrole nitrogens is 1. The van der Waals surface area contributed by atoms with Crippen molar-refractivity contribution in [1.82, 2.24) is 9.55 Å². The summed E-state index contributed by atoms with van der Waals surface area (Å²) in [5.41, 5.74) is 2.04. The molecule has 2 aromatic heterocycles. The third-order valence-electron chi connectivity index (χ3n) is 3.16. The van der Waals surface area contributed by atoms with Crippen LogP contribution in [0.2, 0.25) is 0 Å². The van der Waals surface area contributed by atoms with E-state index in [1.54, 1.807) is 25.4 Å². The van der Waals surface area contributed by atoms with Gasteiger partial charge in [-0.2, -0.15) is 0 Å². The number of aromatic amines is 1. The standard InChI is InChI=1S/C15H13N3O2/c1-18-9-12(3-5-14(18)19)17-15(20)11-2-4-13-10(8-11)6-7-16-13/h2-9,16H,1H3,(H,17,20). The lowest BCUT2D eigenvalue weighted by molar-refractivity contribution is 0.102. The first-order valence-corrected chi connectivity index (χ1v) is 6.19. The summed E-state index contributed by atoms with van der Waals surface area (Å²) in [7, 11) is 1.64. The summed E-state index contributed by atoms with van der Waals surface area (Å²) in [4.78, 5) is 26.5. The Bertz CT molecular complexity index is 845. The molecule has 1 amide bonds. The van der Waals surface area contributed by atoms with Gasteiger partial charge in [0.05, 0.1) is 5.69 Å². The van der Waals surface area contributed by atoms with Crippen molar-refractivity contribution in [1.29, 1.82) is 0 Å². The molecule has 0 aliphatic heterocycles. The number of pyridine rings is 1. The molecule has 0 unspecified atom stereocenters. The summed E-state index contributed by atoms with van der Waals surface area (Å²) in [5, 5.41) is 3.76. The molecule has 20 heavy (non-hydrogen) atoms. The van der Waals surface area contributed by atoms with Gasteiger partial charge in [0.2, 0.25) is 5.56 Å². The lowest BCUT2D eigenvalue weighted by Crippen LogP contribution is -2.17. The summed E-state index contributed by atoms with van der Waals surface area (Å²) in [6, 6.07) is 10.4. The monoisotopic (exact) mass is 267 g/mol. The van der Waals surface area contributed by atoms with Gasteiger partial charge in [-0.3, -0.25) is 9.59 Å². The van der Waals surface area contributed by atoms with Crippen LogP contribution in [0.15, 0.2) is 53.6 Å². The lowest BCUT2D eigenvalue weighted by atomic mass is 10.1. The maximum Gasteiger partial charge on any atom is 0.255 e. The number of fused-ring (bicyclic) bond motifs is 1. The highest BCUT2D eigenvalue weighted by Gasteiger charge is 2.07. The van der Waals surface area contributed by atoms with Gasteiger partial charge in [-0.25, -0.2) is 0 Å². The first kappa shape index (κ1) is 12.2. The Labute approximate surface area is 114 Å². The number of aromatic nitrogens is 2. The third-order valence-corrected chi connectivity index (χ3v) is 3.16. The van der Waals surface area contributed by atoms with Crippen molar-refractivity contribution in [2.24, 2.45) is 7.05 Å². The van der Waals surface area contributed by atoms with Crippen molar-refractivity contribution in [2.75, 3.05) is 5.32 Å². The van der Waals surface area contributed by atoms with E-state index in [1.807, 2.05) is 24.4 Å². The zero-order valence-electron chi connectivity index (χ0n) is 10.9. The number of aryl methyl sites for hydroxylation is 1. The Kier molecular flexibility index (Phi) is 2.87. The highest BCUT2D eigenvalue weighted by Crippen LogP contribution is 2.15. The minimum Gasteiger partial charge on any atom is -0.361 e. The summed E-state index contributed by atoms with van der Waals surface area (Å²) in [6.07, 6.45) is 3.42. The van der Waals surface area contributed by atoms with Crippen LogP contribution in [0.1, 0.15) is 10.4 Å². The Morgan fingerprint density at radius 3 is 2.85 bits per heavy atom. The zero-order valence-corrected chi connectivity index (χ0v) is 10.9. The molecule has 0 fully saturated rings. The minimum atomic E-state index is -0.202. The fraction of sp³-hybridized carbons (Fsp3) is 0.0667. The predicted molar refractivity (Wildman–Crippen MR) is 77.9 cm³/mol. The van der Waals surface area contributed by atoms with E-state index in [-0.39, 0.29) is 11.5 Å². The average Bonchev–Trinajstić information content (AvgIpc) is 2.90. The number of nitrogens with zero attached hydrogens (tertiary/aromatic N) is 1. The van der Waals surface area contributed by atoms with Crippen LogP contribution in [-0.4, -0.2) is 15.5 Å². The number of carbonyl (C=O) groups is 1. The second-order valence-electron chi connectivity index (χ2n) is 4.60. The van der Waals surface area contributed by atoms with Crippen molar-refractivity contribution in [3.8, 4) is 0 Å². The maximum atomic E-state index is 12.2. The molecule has 1 aromatic carbocycles. The molecular weight excluding hydrogens is 254 g/mol. The summed E-state index contributed by atoms with van der Waals surface area (Å²) < 4.78 is 1.42. The van der Waals surface area contributed by atoms with Crippen LogP contribution >= 0.6 is 0 Å². The Morgan fingerprint density at radius 1 is 1.20 bits per heavy atom. The molecule has 0 saturated heterocycles. The molecule has 0 aliphatic carbocycles. The van der Waals surface area contributed by atoms with Crippen LogP contribution in [0.25, 0.3) is 10.9 Å². The largest absolute Gasteiger partial charge is 0.361 e. The zero-order chi connectivity index (χ0) is 14.1. The van der Waals surface area contributed by atoms with Gasteiger partial charge in [-0.1, -0.05) is 0 Å². The summed E-state index contributed by atoms with van der Waals surface area (Å²) in [6.45, 7) is 0. The van der Waals surface area contributed by atoms with Gasteiger partial charge in [-0.15, -0.1) is 0 Å². The second-order valence-corrected chi connectivity index (χ2v) is 4.60. The Morgan fingerprint density at radius 2 is 2.05 bits per heavy atom. The fourth-order valence-electron chi connectivity index (χ4n) is 2.07. The van der Waals surface area contributed by atoms with Gasteiger partial charge in [0, 0.05) is 42.0 Å². The van der Waals surface area contributed by atoms with Crippen molar-refractivity contribution < 1.29 is 4.79 Å². The van der Waals surface area contributed by atoms with Crippen molar-refractivity contribution in [3.63, 3.8) is 0 Å². The molecule has 5 heteroatoms. The van der Waals surface area contributed by atoms with E-state index in [1.165, 1.54) is 10.6 Å². The van der Waals surface area contributed by atoms with Gasteiger partial charge in [-0.05, 0) is 30.3 Å². The summed E-state index contributed by atoms with van der Waals surface area (Å²) in [5.74, 6) is -0.202. The average molecular weight is 267 g/mol. The van der Waals surface area contributed by atoms with Crippen LogP contribution in [0.5, 0.6) is 0 Å². The Balaban J connectivity index is 1.88. The molecule has 100 valence electrons. The number of hydrogen-bond acceptors (Lipinski definition) is 2. The predicted octanol–water partition coefficient (Wildman–Crippen LogP) is 2.12. The van der Waals surface area contributed by atoms with Crippen LogP contribution in [0.3, 0.4) is 0 Å². The van der Waals surface area contributed by atoms with Gasteiger partial charge < -0.3 is 14.9 Å². The number of nitrogens with one attached hydrogen (secondary N) is 2. The van der Waals surface area contributed by atoms with E-state index in [0.717, 1.165) is 10.9 Å². The minimum absolute atomic E-state index is 0.114. The molecule has 0 aliphatic rings. The van der Waals surface area contributed by atoms with Crippen molar-refractivity contribution in [2.45, 2.75) is 0 Å². The van der Waals surface area contributed by atoms with Crippen LogP contribution in [0.4, 0.5) is 5.69 Å². The molecule has 0 spiro atoms. The fourth-order valence-corrected chi connectivity index (χ4v) is 2.07. The molecule has 0 saturated carbocycles. The van der Waals surface area contributed by atoms with Crippen molar-refractivity contribution >= 4 is 22.5 Å². The molecule has 0 bridgehead atoms.